The van der Waals surface area contributed by atoms with Gasteiger partial charge < -0.3 is 5.32 Å². The lowest BCUT2D eigenvalue weighted by Gasteiger charge is -2.11. The lowest BCUT2D eigenvalue weighted by molar-refractivity contribution is 0.0929. The van der Waals surface area contributed by atoms with E-state index in [0.717, 1.165) is 6.20 Å². The molecule has 0 saturated carbocycles. The minimum Gasteiger partial charge on any atom is -0.342 e. The van der Waals surface area contributed by atoms with Gasteiger partial charge in [-0.2, -0.15) is 5.10 Å². The summed E-state index contributed by atoms with van der Waals surface area (Å²) in [4.78, 5) is 20.4. The van der Waals surface area contributed by atoms with Crippen LogP contribution in [0, 0.1) is 11.6 Å². The highest BCUT2D eigenvalue weighted by Gasteiger charge is 2.19. The Balaban J connectivity index is 1.78. The largest absolute Gasteiger partial charge is 0.342 e. The molecular formula is C12H9F2N5OS. The molecule has 3 aromatic rings. The number of imidazole rings is 1. The van der Waals surface area contributed by atoms with Crippen LogP contribution in [0.3, 0.4) is 0 Å². The first-order valence-corrected chi connectivity index (χ1v) is 6.83. The Labute approximate surface area is 121 Å². The number of amides is 1. The van der Waals surface area contributed by atoms with E-state index in [9.17, 15) is 13.6 Å². The van der Waals surface area contributed by atoms with Crippen LogP contribution in [0.4, 0.5) is 8.78 Å². The summed E-state index contributed by atoms with van der Waals surface area (Å²) in [5, 5.41) is 6.59. The quantitative estimate of drug-likeness (QED) is 0.802. The number of nitrogens with zero attached hydrogens (tertiary/aromatic N) is 4. The molecule has 0 aliphatic rings. The highest BCUT2D eigenvalue weighted by atomic mass is 32.1. The molecule has 3 rings (SSSR count). The second-order valence-corrected chi connectivity index (χ2v) is 5.12. The standard InChI is InChI=1S/C12H9F2N5OS/c1-6(9-4-19-12(18-9)21-5-16-19)17-11(20)10-8(14)2-7(13)3-15-10/h2-6H,1H3,(H,17,20)/t6-/m0/s1. The van der Waals surface area contributed by atoms with Gasteiger partial charge in [-0.3, -0.25) is 4.79 Å². The lowest BCUT2D eigenvalue weighted by Crippen LogP contribution is -2.28. The molecule has 0 aliphatic carbocycles. The smallest absolute Gasteiger partial charge is 0.273 e. The van der Waals surface area contributed by atoms with Crippen LogP contribution in [-0.2, 0) is 0 Å². The number of halogens is 2. The Kier molecular flexibility index (Phi) is 3.34. The van der Waals surface area contributed by atoms with Gasteiger partial charge >= 0.3 is 0 Å². The van der Waals surface area contributed by atoms with E-state index in [-0.39, 0.29) is 0 Å². The van der Waals surface area contributed by atoms with Crippen LogP contribution in [-0.4, -0.2) is 25.5 Å². The number of nitrogens with one attached hydrogen (secondary N) is 1. The topological polar surface area (TPSA) is 72.2 Å². The molecule has 0 fully saturated rings. The highest BCUT2D eigenvalue weighted by Crippen LogP contribution is 2.16. The van der Waals surface area contributed by atoms with Crippen LogP contribution in [0.1, 0.15) is 29.1 Å². The molecule has 21 heavy (non-hydrogen) atoms. The zero-order chi connectivity index (χ0) is 15.0. The molecule has 0 spiro atoms. The van der Waals surface area contributed by atoms with Crippen LogP contribution in [0.5, 0.6) is 0 Å². The average molecular weight is 309 g/mol. The average Bonchev–Trinajstić information content (AvgIpc) is 2.98. The fourth-order valence-corrected chi connectivity index (χ4v) is 2.39. The summed E-state index contributed by atoms with van der Waals surface area (Å²) in [5.74, 6) is -2.57. The first kappa shape index (κ1) is 13.6. The monoisotopic (exact) mass is 309 g/mol. The maximum Gasteiger partial charge on any atom is 0.273 e. The molecule has 3 aromatic heterocycles. The molecule has 3 heterocycles. The zero-order valence-electron chi connectivity index (χ0n) is 10.7. The second-order valence-electron chi connectivity index (χ2n) is 4.31. The zero-order valence-corrected chi connectivity index (χ0v) is 11.6. The molecule has 0 unspecified atom stereocenters. The number of fused-ring (bicyclic) bond motifs is 1. The Morgan fingerprint density at radius 3 is 3.00 bits per heavy atom. The number of hydrogen-bond acceptors (Lipinski definition) is 5. The maximum atomic E-state index is 13.5. The summed E-state index contributed by atoms with van der Waals surface area (Å²) in [5.41, 5.74) is 1.78. The summed E-state index contributed by atoms with van der Waals surface area (Å²) < 4.78 is 27.8. The molecule has 1 N–H and O–H groups in total. The van der Waals surface area contributed by atoms with Crippen LogP contribution < -0.4 is 5.32 Å². The molecule has 0 aliphatic heterocycles. The minimum absolute atomic E-state index is 0.456. The third-order valence-electron chi connectivity index (χ3n) is 2.82. The van der Waals surface area contributed by atoms with Crippen molar-refractivity contribution in [2.45, 2.75) is 13.0 Å². The van der Waals surface area contributed by atoms with Crippen molar-refractivity contribution in [3.05, 3.63) is 47.0 Å². The first-order valence-electron chi connectivity index (χ1n) is 5.95. The van der Waals surface area contributed by atoms with E-state index in [4.69, 9.17) is 0 Å². The van der Waals surface area contributed by atoms with Crippen molar-refractivity contribution < 1.29 is 13.6 Å². The Bertz CT molecular complexity index is 786. The molecular weight excluding hydrogens is 300 g/mol. The fraction of sp³-hybridized carbons (Fsp3) is 0.167. The summed E-state index contributed by atoms with van der Waals surface area (Å²) in [7, 11) is 0. The van der Waals surface area contributed by atoms with Crippen LogP contribution in [0.15, 0.2) is 24.0 Å². The number of aromatic nitrogens is 4. The van der Waals surface area contributed by atoms with E-state index < -0.39 is 29.3 Å². The van der Waals surface area contributed by atoms with Gasteiger partial charge in [0.2, 0.25) is 4.96 Å². The van der Waals surface area contributed by atoms with Crippen LogP contribution in [0.2, 0.25) is 0 Å². The Morgan fingerprint density at radius 1 is 1.48 bits per heavy atom. The van der Waals surface area contributed by atoms with Crippen molar-refractivity contribution in [2.24, 2.45) is 0 Å². The van der Waals surface area contributed by atoms with Crippen molar-refractivity contribution in [1.29, 1.82) is 0 Å². The molecule has 0 saturated heterocycles. The SMILES string of the molecule is C[C@H](NC(=O)c1ncc(F)cc1F)c1cn2ncsc2n1. The van der Waals surface area contributed by atoms with E-state index in [1.54, 1.807) is 23.1 Å². The summed E-state index contributed by atoms with van der Waals surface area (Å²) in [6.07, 6.45) is 2.46. The van der Waals surface area contributed by atoms with Gasteiger partial charge in [0, 0.05) is 6.07 Å². The molecule has 1 amide bonds. The Morgan fingerprint density at radius 2 is 2.29 bits per heavy atom. The predicted octanol–water partition coefficient (Wildman–Crippen LogP) is 1.96. The first-order chi connectivity index (χ1) is 10.0. The van der Waals surface area contributed by atoms with Gasteiger partial charge in [0.1, 0.15) is 11.3 Å². The molecule has 1 atom stereocenters. The van der Waals surface area contributed by atoms with Crippen molar-refractivity contribution >= 4 is 22.2 Å². The summed E-state index contributed by atoms with van der Waals surface area (Å²) >= 11 is 1.36. The van der Waals surface area contributed by atoms with E-state index >= 15 is 0 Å². The van der Waals surface area contributed by atoms with Gasteiger partial charge in [-0.25, -0.2) is 23.3 Å². The molecule has 108 valence electrons. The minimum atomic E-state index is -1.01. The van der Waals surface area contributed by atoms with Gasteiger partial charge in [-0.05, 0) is 6.92 Å². The highest BCUT2D eigenvalue weighted by molar-refractivity contribution is 7.14. The summed E-state index contributed by atoms with van der Waals surface area (Å²) in [6, 6.07) is 0.154. The van der Waals surface area contributed by atoms with Gasteiger partial charge in [0.05, 0.1) is 24.1 Å². The van der Waals surface area contributed by atoms with Gasteiger partial charge in [0.15, 0.2) is 11.5 Å². The predicted molar refractivity (Wildman–Crippen MR) is 70.9 cm³/mol. The lowest BCUT2D eigenvalue weighted by atomic mass is 10.2. The third kappa shape index (κ3) is 2.59. The molecule has 9 heteroatoms. The van der Waals surface area contributed by atoms with E-state index in [2.05, 4.69) is 20.4 Å². The maximum absolute atomic E-state index is 13.5. The van der Waals surface area contributed by atoms with Crippen molar-refractivity contribution in [1.82, 2.24) is 24.9 Å². The van der Waals surface area contributed by atoms with Crippen molar-refractivity contribution in [3.8, 4) is 0 Å². The van der Waals surface area contributed by atoms with E-state index in [1.165, 1.54) is 11.3 Å². The van der Waals surface area contributed by atoms with Crippen molar-refractivity contribution in [2.75, 3.05) is 0 Å². The number of pyridine rings is 1. The van der Waals surface area contributed by atoms with Crippen LogP contribution in [0.25, 0.3) is 4.96 Å². The number of carbonyl (C=O) groups excluding carboxylic acids is 1. The third-order valence-corrected chi connectivity index (χ3v) is 3.51. The molecule has 0 radical (unpaired) electrons. The van der Waals surface area contributed by atoms with Crippen LogP contribution >= 0.6 is 11.3 Å². The Hall–Kier alpha value is -2.42. The number of hydrogen-bond donors (Lipinski definition) is 1. The molecule has 0 aromatic carbocycles. The van der Waals surface area contributed by atoms with Gasteiger partial charge in [-0.1, -0.05) is 11.3 Å². The molecule has 0 bridgehead atoms. The van der Waals surface area contributed by atoms with E-state index in [1.807, 2.05) is 0 Å². The summed E-state index contributed by atoms with van der Waals surface area (Å²) in [6.45, 7) is 1.70. The fourth-order valence-electron chi connectivity index (χ4n) is 1.78. The van der Waals surface area contributed by atoms with E-state index in [0.29, 0.717) is 16.7 Å². The van der Waals surface area contributed by atoms with Crippen molar-refractivity contribution in [3.63, 3.8) is 0 Å². The molecule has 6 nitrogen and oxygen atoms in total. The van der Waals surface area contributed by atoms with Gasteiger partial charge in [-0.15, -0.1) is 0 Å². The second kappa shape index (κ2) is 5.17. The normalized spacial score (nSPS) is 12.5. The number of carbonyl (C=O) groups is 1. The van der Waals surface area contributed by atoms with Gasteiger partial charge in [0.25, 0.3) is 5.91 Å². The number of rotatable bonds is 3.